The smallest absolute Gasteiger partial charge is 0.278 e. The van der Waals surface area contributed by atoms with E-state index in [4.69, 9.17) is 39.4 Å². The first kappa shape index (κ1) is 12.8. The van der Waals surface area contributed by atoms with Crippen LogP contribution in [0.1, 0.15) is 0 Å². The second-order valence-electron chi connectivity index (χ2n) is 3.50. The lowest BCUT2D eigenvalue weighted by Crippen LogP contribution is -2.51. The van der Waals surface area contributed by atoms with Gasteiger partial charge in [0, 0.05) is 0 Å². The van der Waals surface area contributed by atoms with E-state index in [2.05, 4.69) is 5.32 Å². The molecule has 0 spiro atoms. The summed E-state index contributed by atoms with van der Waals surface area (Å²) in [4.78, 5) is 0. The fourth-order valence-electron chi connectivity index (χ4n) is 1.35. The summed E-state index contributed by atoms with van der Waals surface area (Å²) in [5, 5.41) is 14.6. The number of nitrogens with zero attached hydrogens (tertiary/aromatic N) is 1. The maximum atomic E-state index is 11.3. The van der Waals surface area contributed by atoms with Crippen molar-refractivity contribution in [1.82, 2.24) is 5.32 Å². The zero-order chi connectivity index (χ0) is 13.3. The zero-order valence-corrected chi connectivity index (χ0v) is 10.6. The molecule has 6 nitrogen and oxygen atoms in total. The summed E-state index contributed by atoms with van der Waals surface area (Å²) in [5.74, 6) is 0.389. The van der Waals surface area contributed by atoms with E-state index in [-0.39, 0.29) is 17.5 Å². The van der Waals surface area contributed by atoms with Gasteiger partial charge in [-0.2, -0.15) is 0 Å². The molecule has 0 amide bonds. The molecule has 96 valence electrons. The second-order valence-corrected chi connectivity index (χ2v) is 4.32. The number of halogens is 2. The van der Waals surface area contributed by atoms with E-state index >= 15 is 0 Å². The maximum absolute atomic E-state index is 11.3. The van der Waals surface area contributed by atoms with Crippen LogP contribution in [0, 0.1) is 5.21 Å². The molecule has 1 atom stereocenters. The van der Waals surface area contributed by atoms with Gasteiger partial charge in [0.2, 0.25) is 12.2 Å². The van der Waals surface area contributed by atoms with Gasteiger partial charge in [-0.1, -0.05) is 29.3 Å². The lowest BCUT2D eigenvalue weighted by Gasteiger charge is -2.25. The SMILES string of the molecule is NC1=[N+]([O-])C(N)NC(Oc2c(Cl)cccc2Cl)=C1. The summed E-state index contributed by atoms with van der Waals surface area (Å²) in [6, 6.07) is 4.93. The van der Waals surface area contributed by atoms with Crippen LogP contribution in [0.5, 0.6) is 5.75 Å². The molecular formula is C10H10Cl2N4O2. The van der Waals surface area contributed by atoms with Crippen LogP contribution in [0.25, 0.3) is 0 Å². The molecule has 1 aliphatic rings. The largest absolute Gasteiger partial charge is 0.713 e. The van der Waals surface area contributed by atoms with Crippen molar-refractivity contribution in [1.29, 1.82) is 0 Å². The first-order chi connectivity index (χ1) is 8.49. The molecule has 18 heavy (non-hydrogen) atoms. The van der Waals surface area contributed by atoms with Gasteiger partial charge in [0.15, 0.2) is 5.75 Å². The molecule has 0 aromatic heterocycles. The highest BCUT2D eigenvalue weighted by molar-refractivity contribution is 6.37. The monoisotopic (exact) mass is 288 g/mol. The van der Waals surface area contributed by atoms with E-state index in [9.17, 15) is 5.21 Å². The zero-order valence-electron chi connectivity index (χ0n) is 9.06. The molecule has 2 rings (SSSR count). The minimum Gasteiger partial charge on any atom is -0.713 e. The lowest BCUT2D eigenvalue weighted by atomic mass is 10.3. The highest BCUT2D eigenvalue weighted by Gasteiger charge is 2.20. The van der Waals surface area contributed by atoms with Crippen molar-refractivity contribution in [3.63, 3.8) is 0 Å². The molecule has 0 radical (unpaired) electrons. The van der Waals surface area contributed by atoms with Gasteiger partial charge in [-0.3, -0.25) is 11.5 Å². The molecule has 1 heterocycles. The minimum absolute atomic E-state index is 0.0700. The summed E-state index contributed by atoms with van der Waals surface area (Å²) < 4.78 is 5.86. The number of hydroxylamine groups is 1. The normalized spacial score (nSPS) is 19.3. The Bertz CT molecular complexity index is 524. The topological polar surface area (TPSA) is 99.4 Å². The highest BCUT2D eigenvalue weighted by atomic mass is 35.5. The Hall–Kier alpha value is -1.63. The number of amidine groups is 1. The summed E-state index contributed by atoms with van der Waals surface area (Å²) >= 11 is 11.9. The average Bonchev–Trinajstić information content (AvgIpc) is 2.31. The van der Waals surface area contributed by atoms with Gasteiger partial charge in [-0.15, -0.1) is 0 Å². The number of rotatable bonds is 2. The third-order valence-electron chi connectivity index (χ3n) is 2.21. The molecule has 1 aromatic rings. The summed E-state index contributed by atoms with van der Waals surface area (Å²) in [6.07, 6.45) is 0.280. The molecule has 5 N–H and O–H groups in total. The molecular weight excluding hydrogens is 279 g/mol. The van der Waals surface area contributed by atoms with Crippen molar-refractivity contribution < 1.29 is 9.48 Å². The van der Waals surface area contributed by atoms with Crippen LogP contribution in [0.4, 0.5) is 0 Å². The Labute approximate surface area is 113 Å². The quantitative estimate of drug-likeness (QED) is 0.555. The fraction of sp³-hybridized carbons (Fsp3) is 0.100. The van der Waals surface area contributed by atoms with Gasteiger partial charge in [0.25, 0.3) is 5.84 Å². The van der Waals surface area contributed by atoms with Gasteiger partial charge in [-0.25, -0.2) is 4.74 Å². The van der Waals surface area contributed by atoms with E-state index in [0.29, 0.717) is 14.8 Å². The maximum Gasteiger partial charge on any atom is 0.278 e. The molecule has 8 heteroatoms. The fourth-order valence-corrected chi connectivity index (χ4v) is 1.83. The minimum atomic E-state index is -1.02. The Kier molecular flexibility index (Phi) is 3.51. The van der Waals surface area contributed by atoms with Crippen LogP contribution in [-0.4, -0.2) is 16.9 Å². The van der Waals surface area contributed by atoms with Crippen LogP contribution in [-0.2, 0) is 0 Å². The van der Waals surface area contributed by atoms with Crippen molar-refractivity contribution in [2.24, 2.45) is 11.5 Å². The number of para-hydroxylation sites is 1. The molecule has 1 aliphatic heterocycles. The van der Waals surface area contributed by atoms with Gasteiger partial charge >= 0.3 is 0 Å². The van der Waals surface area contributed by atoms with Gasteiger partial charge in [-0.05, 0) is 12.1 Å². The molecule has 1 aromatic carbocycles. The highest BCUT2D eigenvalue weighted by Crippen LogP contribution is 2.33. The number of ether oxygens (including phenoxy) is 1. The number of benzene rings is 1. The Morgan fingerprint density at radius 2 is 1.94 bits per heavy atom. The predicted molar refractivity (Wildman–Crippen MR) is 69.1 cm³/mol. The van der Waals surface area contributed by atoms with Crippen molar-refractivity contribution >= 4 is 29.0 Å². The molecule has 0 saturated carbocycles. The standard InChI is InChI=1S/C10H10Cl2N4O2/c11-5-2-1-3-6(12)9(5)18-8-4-7(13)16(17)10(14)15-8/h1-4,10,15H,13-14H2. The van der Waals surface area contributed by atoms with Crippen LogP contribution in [0.2, 0.25) is 10.0 Å². The third kappa shape index (κ3) is 2.45. The van der Waals surface area contributed by atoms with Crippen LogP contribution < -0.4 is 21.5 Å². The second kappa shape index (κ2) is 4.93. The van der Waals surface area contributed by atoms with Gasteiger partial charge < -0.3 is 15.3 Å². The third-order valence-corrected chi connectivity index (χ3v) is 2.80. The molecule has 1 unspecified atom stereocenters. The Morgan fingerprint density at radius 3 is 2.50 bits per heavy atom. The molecule has 0 aliphatic carbocycles. The van der Waals surface area contributed by atoms with Crippen LogP contribution >= 0.6 is 23.2 Å². The number of hydrogen-bond donors (Lipinski definition) is 3. The number of nitrogens with two attached hydrogens (primary N) is 2. The summed E-state index contributed by atoms with van der Waals surface area (Å²) in [5.41, 5.74) is 11.0. The van der Waals surface area contributed by atoms with Crippen LogP contribution in [0.3, 0.4) is 0 Å². The molecule has 0 bridgehead atoms. The molecule has 0 fully saturated rings. The Morgan fingerprint density at radius 1 is 1.33 bits per heavy atom. The first-order valence-corrected chi connectivity index (χ1v) is 5.69. The van der Waals surface area contributed by atoms with E-state index in [1.807, 2.05) is 0 Å². The summed E-state index contributed by atoms with van der Waals surface area (Å²) in [7, 11) is 0. The average molecular weight is 289 g/mol. The number of hydrogen-bond acceptors (Lipinski definition) is 5. The first-order valence-electron chi connectivity index (χ1n) is 4.93. The van der Waals surface area contributed by atoms with E-state index in [1.54, 1.807) is 18.2 Å². The van der Waals surface area contributed by atoms with Crippen molar-refractivity contribution in [3.05, 3.63) is 45.4 Å². The Balaban J connectivity index is 2.28. The van der Waals surface area contributed by atoms with Crippen LogP contribution in [0.15, 0.2) is 30.2 Å². The molecule has 0 saturated heterocycles. The van der Waals surface area contributed by atoms with Crippen molar-refractivity contribution in [3.8, 4) is 5.75 Å². The van der Waals surface area contributed by atoms with Gasteiger partial charge in [0.05, 0.1) is 16.1 Å². The lowest BCUT2D eigenvalue weighted by molar-refractivity contribution is -0.509. The van der Waals surface area contributed by atoms with Crippen molar-refractivity contribution in [2.75, 3.05) is 0 Å². The van der Waals surface area contributed by atoms with Gasteiger partial charge in [0.1, 0.15) is 0 Å². The number of nitrogens with one attached hydrogen (secondary N) is 1. The van der Waals surface area contributed by atoms with E-state index < -0.39 is 6.29 Å². The van der Waals surface area contributed by atoms with Crippen molar-refractivity contribution in [2.45, 2.75) is 6.29 Å². The predicted octanol–water partition coefficient (Wildman–Crippen LogP) is 0.927. The van der Waals surface area contributed by atoms with E-state index in [1.165, 1.54) is 6.08 Å². The van der Waals surface area contributed by atoms with E-state index in [0.717, 1.165) is 0 Å². The summed E-state index contributed by atoms with van der Waals surface area (Å²) in [6.45, 7) is 0.